The number of phenolic OH excluding ortho intramolecular Hbond substituents is 3. The molecular weight excluding hydrogens is 2440 g/mol. The van der Waals surface area contributed by atoms with Crippen LogP contribution in [-0.4, -0.2) is 28.5 Å². The first kappa shape index (κ1) is 121. The molecule has 146 heavy (non-hydrogen) atoms. The van der Waals surface area contributed by atoms with Crippen molar-refractivity contribution >= 4 is 147 Å². The molecule has 778 valence electrons. The van der Waals surface area contributed by atoms with Gasteiger partial charge in [-0.1, -0.05) is 147 Å². The van der Waals surface area contributed by atoms with Gasteiger partial charge in [0.1, 0.15) is 17.2 Å². The number of aromatic nitrogens is 3. The van der Waals surface area contributed by atoms with E-state index in [1.165, 1.54) is 178 Å². The van der Waals surface area contributed by atoms with Crippen molar-refractivity contribution < 1.29 is 69.1 Å². The monoisotopic (exact) mass is 2590 g/mol. The fourth-order valence-electron chi connectivity index (χ4n) is 18.8. The van der Waals surface area contributed by atoms with Gasteiger partial charge in [0.25, 0.3) is 0 Å². The maximum atomic E-state index is 11.0. The number of aryl methyl sites for hydroxylation is 6. The first-order valence-electron chi connectivity index (χ1n) is 52.1. The molecule has 0 bridgehead atoms. The quantitative estimate of drug-likeness (QED) is 0.104. The van der Waals surface area contributed by atoms with Gasteiger partial charge in [0.05, 0.1) is 13.4 Å². The molecule has 4 aliphatic rings. The summed E-state index contributed by atoms with van der Waals surface area (Å²) in [7, 11) is 0. The van der Waals surface area contributed by atoms with Crippen molar-refractivity contribution in [1.82, 2.24) is 15.0 Å². The molecule has 0 saturated carbocycles. The van der Waals surface area contributed by atoms with Gasteiger partial charge in [0.15, 0.2) is 0 Å². The average Bonchev–Trinajstić information content (AvgIpc) is 0.779. The molecule has 3 N–H and O–H groups in total. The SMILES string of the molecule is CC(C)c1cccc(C(C)C)c1[N]=[Mo]=[CH]C(C)(C)C.CC(C)c1cccc(C(C)C)c1[N]=[Mo]=[CH]C(C)(C)C.CC(C)c1cccc(C(C)C)c1[N]=[Mo]=[CH]C(C)(C)C.Cc1c(Br)cc2c(c1-c1c(O)c(Br)cc3c1CCCC3)CCCC2.Cc1c(Br)cc2c(c1-c1c(O)c(Br)cc3c1CCCC3)CCCC2.Cc1c(Br)cc2ccccc2c1-c1c(O)c(Br)cc2ccccc12.Cc1ccc(C)[n-]1.c1cc[n-]c1.c1cc[n-]c1. The summed E-state index contributed by atoms with van der Waals surface area (Å²) in [6.45, 7) is 57.8. The van der Waals surface area contributed by atoms with Crippen molar-refractivity contribution in [1.29, 1.82) is 0 Å². The van der Waals surface area contributed by atoms with E-state index in [0.717, 1.165) is 126 Å². The number of hydrogen-bond donors (Lipinski definition) is 3. The Balaban J connectivity index is 0.000000174. The zero-order valence-electron chi connectivity index (χ0n) is 91.1. The van der Waals surface area contributed by atoms with Crippen LogP contribution >= 0.6 is 95.6 Å². The van der Waals surface area contributed by atoms with E-state index >= 15 is 0 Å². The summed E-state index contributed by atoms with van der Waals surface area (Å²) in [5.74, 6) is 4.37. The molecule has 3 heterocycles. The van der Waals surface area contributed by atoms with Crippen LogP contribution in [0.15, 0.2) is 238 Å². The zero-order chi connectivity index (χ0) is 107. The molecule has 18 rings (SSSR count). The molecule has 0 unspecified atom stereocenters. The summed E-state index contributed by atoms with van der Waals surface area (Å²) in [6, 6.07) is 60.9. The number of rotatable bonds is 12. The Morgan fingerprint density at radius 3 is 0.788 bits per heavy atom. The first-order chi connectivity index (χ1) is 69.2. The van der Waals surface area contributed by atoms with Crippen LogP contribution in [-0.2, 0) is 105 Å². The van der Waals surface area contributed by atoms with Crippen LogP contribution in [0.1, 0.15) is 338 Å². The Labute approximate surface area is 950 Å². The molecule has 0 spiro atoms. The number of fused-ring (bicyclic) bond motifs is 6. The van der Waals surface area contributed by atoms with Crippen LogP contribution in [0.5, 0.6) is 17.2 Å². The van der Waals surface area contributed by atoms with Crippen LogP contribution in [0.2, 0.25) is 0 Å². The van der Waals surface area contributed by atoms with Gasteiger partial charge in [-0.2, -0.15) is 36.2 Å². The Morgan fingerprint density at radius 2 is 0.521 bits per heavy atom. The molecule has 0 aliphatic heterocycles. The predicted molar refractivity (Wildman–Crippen MR) is 638 cm³/mol. The van der Waals surface area contributed by atoms with Gasteiger partial charge in [-0.3, -0.25) is 0 Å². The number of phenols is 3. The van der Waals surface area contributed by atoms with E-state index in [1.54, 1.807) is 24.8 Å². The van der Waals surface area contributed by atoms with E-state index in [0.29, 0.717) is 51.5 Å². The Hall–Kier alpha value is -6.87. The Kier molecular flexibility index (Phi) is 47.4. The molecule has 0 amide bonds. The van der Waals surface area contributed by atoms with Gasteiger partial charge in [-0.05, 0) is 307 Å². The number of aromatic hydroxyl groups is 3. The second kappa shape index (κ2) is 57.2. The van der Waals surface area contributed by atoms with Crippen LogP contribution < -0.4 is 15.0 Å². The molecule has 18 heteroatoms. The molecular formula is C128H155Br6Mo3N6O3-3. The molecule has 0 atom stereocenters. The summed E-state index contributed by atoms with van der Waals surface area (Å²) in [6.07, 6.45) is 25.9. The minimum atomic E-state index is -0.415. The van der Waals surface area contributed by atoms with Crippen molar-refractivity contribution in [3.8, 4) is 50.6 Å². The normalized spacial score (nSPS) is 12.9. The van der Waals surface area contributed by atoms with Crippen molar-refractivity contribution in [2.24, 2.45) is 26.7 Å². The van der Waals surface area contributed by atoms with Crippen molar-refractivity contribution in [3.05, 3.63) is 334 Å². The minimum Gasteiger partial charge on any atom is -0.670 e. The number of benzene rings is 11. The van der Waals surface area contributed by atoms with E-state index in [-0.39, 0.29) is 22.0 Å². The Bertz CT molecular complexity index is 6210. The minimum absolute atomic E-state index is 0.278. The molecule has 11 aromatic carbocycles. The average molecular weight is 2590 g/mol. The fourth-order valence-corrected chi connectivity index (χ4v) is 26.7. The topological polar surface area (TPSA) is 140 Å². The smallest absolute Gasteiger partial charge is 0.138 e. The van der Waals surface area contributed by atoms with Gasteiger partial charge in [0, 0.05) is 30.1 Å². The van der Waals surface area contributed by atoms with E-state index in [4.69, 9.17) is 10.5 Å². The number of hydrogen-bond acceptors (Lipinski definition) is 6. The summed E-state index contributed by atoms with van der Waals surface area (Å²) >= 11 is 20.7. The Morgan fingerprint density at radius 1 is 0.281 bits per heavy atom. The van der Waals surface area contributed by atoms with Crippen molar-refractivity contribution in [3.63, 3.8) is 0 Å². The number of halogens is 6. The summed E-state index contributed by atoms with van der Waals surface area (Å²) in [4.78, 5) is 11.6. The van der Waals surface area contributed by atoms with Gasteiger partial charge in [-0.15, -0.1) is 0 Å². The first-order valence-corrected chi connectivity index (χ1v) is 63.0. The fraction of sp³-hybridized carbons (Fsp3) is 0.398. The predicted octanol–water partition coefficient (Wildman–Crippen LogP) is 40.1. The van der Waals surface area contributed by atoms with Crippen LogP contribution in [0.4, 0.5) is 17.1 Å². The molecule has 0 fully saturated rings. The van der Waals surface area contributed by atoms with Gasteiger partial charge in [0.2, 0.25) is 0 Å². The van der Waals surface area contributed by atoms with E-state index < -0.39 is 53.8 Å². The molecule has 9 nitrogen and oxygen atoms in total. The molecule has 0 radical (unpaired) electrons. The third kappa shape index (κ3) is 34.1. The molecule has 3 aromatic heterocycles. The summed E-state index contributed by atoms with van der Waals surface area (Å²) in [5.41, 5.74) is 37.0. The largest absolute Gasteiger partial charge is 0.670 e. The molecule has 0 saturated heterocycles. The summed E-state index contributed by atoms with van der Waals surface area (Å²) < 4.78 is 28.0. The second-order valence-electron chi connectivity index (χ2n) is 43.9. The van der Waals surface area contributed by atoms with Crippen LogP contribution in [0.3, 0.4) is 0 Å². The standard InChI is InChI=1S/2C21H22Br2O.C21H14Br2O.3C12H17N.C6H8N.3C5H10.2C4H4N.3Mo/c3*1-12-17(22)10-13-6-2-4-8-15(13)19(12)20-16-9-5-3-7-14(16)11-18(23)21(20)24;3*1-8(2)10-6-5-7-11(9(3)4)12(10)13;1-5-3-4-6(2)7-5;3*1-5(2,3)4;2*1-2-4-5-3-1;;;/h2*10-11,24H,2-9H2,1H3;2-11,24H,1H3;3*5-9H,1-4H3;3-4H,1-2H3;3*1H,2-4H3;2*1-4H;;;/q;;;;;;-1;;;;2*-1;;;. The molecule has 14 aromatic rings. The maximum absolute atomic E-state index is 11.0. The van der Waals surface area contributed by atoms with Crippen LogP contribution in [0, 0.1) is 50.9 Å². The summed E-state index contributed by atoms with van der Waals surface area (Å²) in [5, 5.41) is 37.2. The third-order valence-corrected chi connectivity index (χ3v) is 38.7. The van der Waals surface area contributed by atoms with Crippen molar-refractivity contribution in [2.75, 3.05) is 0 Å². The van der Waals surface area contributed by atoms with E-state index in [9.17, 15) is 15.3 Å². The van der Waals surface area contributed by atoms with E-state index in [1.807, 2.05) is 80.6 Å². The third-order valence-electron chi connectivity index (χ3n) is 26.3. The van der Waals surface area contributed by atoms with Gasteiger partial charge in [-0.25, -0.2) is 0 Å². The number of nitrogens with zero attached hydrogens (tertiary/aromatic N) is 6. The zero-order valence-corrected chi connectivity index (χ0v) is 107. The maximum Gasteiger partial charge on any atom is 0.138 e. The van der Waals surface area contributed by atoms with Gasteiger partial charge < -0.3 is 30.3 Å². The second-order valence-corrected chi connectivity index (χ2v) is 53.6. The van der Waals surface area contributed by atoms with Crippen molar-refractivity contribution in [2.45, 2.75) is 318 Å². The van der Waals surface area contributed by atoms with Crippen LogP contribution in [0.25, 0.3) is 54.9 Å². The van der Waals surface area contributed by atoms with E-state index in [2.05, 4.69) is 399 Å². The van der Waals surface area contributed by atoms with Gasteiger partial charge >= 0.3 is 380 Å². The molecule has 4 aliphatic carbocycles.